The zero-order valence-electron chi connectivity index (χ0n) is 11.5. The number of hydrogen-bond donors (Lipinski definition) is 1. The van der Waals surface area contributed by atoms with Crippen LogP contribution >= 0.6 is 0 Å². The van der Waals surface area contributed by atoms with Gasteiger partial charge >= 0.3 is 0 Å². The van der Waals surface area contributed by atoms with Gasteiger partial charge in [0.25, 0.3) is 0 Å². The van der Waals surface area contributed by atoms with Crippen molar-refractivity contribution in [3.05, 3.63) is 24.3 Å². The van der Waals surface area contributed by atoms with Crippen molar-refractivity contribution in [3.63, 3.8) is 0 Å². The summed E-state index contributed by atoms with van der Waals surface area (Å²) in [5.41, 5.74) is 0. The summed E-state index contributed by atoms with van der Waals surface area (Å²) < 4.78 is 10.8. The summed E-state index contributed by atoms with van der Waals surface area (Å²) in [5.74, 6) is 1.72. The lowest BCUT2D eigenvalue weighted by molar-refractivity contribution is 0.150. The van der Waals surface area contributed by atoms with Crippen molar-refractivity contribution >= 4 is 0 Å². The summed E-state index contributed by atoms with van der Waals surface area (Å²) >= 11 is 0. The van der Waals surface area contributed by atoms with Crippen LogP contribution in [-0.4, -0.2) is 49.5 Å². The van der Waals surface area contributed by atoms with Gasteiger partial charge in [0.1, 0.15) is 11.5 Å². The van der Waals surface area contributed by atoms with E-state index in [1.807, 2.05) is 24.3 Å². The van der Waals surface area contributed by atoms with Gasteiger partial charge in [-0.1, -0.05) is 0 Å². The highest BCUT2D eigenvalue weighted by Gasteiger charge is 2.22. The Morgan fingerprint density at radius 3 is 2.68 bits per heavy atom. The minimum Gasteiger partial charge on any atom is -0.497 e. The fourth-order valence-electron chi connectivity index (χ4n) is 2.53. The van der Waals surface area contributed by atoms with Crippen LogP contribution in [0, 0.1) is 0 Å². The summed E-state index contributed by atoms with van der Waals surface area (Å²) in [7, 11) is 1.66. The monoisotopic (exact) mass is 265 g/mol. The first kappa shape index (κ1) is 14.2. The summed E-state index contributed by atoms with van der Waals surface area (Å²) in [6.07, 6.45) is 3.31. The van der Waals surface area contributed by atoms with E-state index < -0.39 is 0 Å². The Hall–Kier alpha value is -1.26. The molecule has 1 atom stereocenters. The average Bonchev–Trinajstić information content (AvgIpc) is 2.91. The topological polar surface area (TPSA) is 41.9 Å². The third-order valence-electron chi connectivity index (χ3n) is 3.63. The first-order chi connectivity index (χ1) is 9.33. The number of aliphatic hydroxyl groups excluding tert-OH is 1. The van der Waals surface area contributed by atoms with Crippen LogP contribution in [0.4, 0.5) is 0 Å². The van der Waals surface area contributed by atoms with Gasteiger partial charge in [-0.2, -0.15) is 0 Å². The van der Waals surface area contributed by atoms with Crippen LogP contribution in [0.25, 0.3) is 0 Å². The number of methoxy groups -OCH3 is 1. The quantitative estimate of drug-likeness (QED) is 0.765. The van der Waals surface area contributed by atoms with E-state index in [1.54, 1.807) is 7.11 Å². The van der Waals surface area contributed by atoms with Gasteiger partial charge < -0.3 is 14.6 Å². The van der Waals surface area contributed by atoms with E-state index in [9.17, 15) is 5.11 Å². The van der Waals surface area contributed by atoms with Gasteiger partial charge in [0, 0.05) is 12.6 Å². The second kappa shape index (κ2) is 7.36. The number of hydrogen-bond acceptors (Lipinski definition) is 4. The van der Waals surface area contributed by atoms with E-state index in [0.717, 1.165) is 37.4 Å². The number of ether oxygens (including phenoxy) is 2. The molecular formula is C15H23NO3. The van der Waals surface area contributed by atoms with Crippen LogP contribution in [0.2, 0.25) is 0 Å². The van der Waals surface area contributed by atoms with Crippen LogP contribution in [0.3, 0.4) is 0 Å². The van der Waals surface area contributed by atoms with E-state index in [-0.39, 0.29) is 6.61 Å². The lowest BCUT2D eigenvalue weighted by atomic mass is 10.2. The van der Waals surface area contributed by atoms with Crippen LogP contribution in [0.15, 0.2) is 24.3 Å². The summed E-state index contributed by atoms with van der Waals surface area (Å²) in [5, 5.41) is 9.24. The van der Waals surface area contributed by atoms with Gasteiger partial charge in [-0.15, -0.1) is 0 Å². The molecule has 1 N–H and O–H groups in total. The summed E-state index contributed by atoms with van der Waals surface area (Å²) in [6.45, 7) is 3.09. The Morgan fingerprint density at radius 1 is 1.26 bits per heavy atom. The Morgan fingerprint density at radius 2 is 2.00 bits per heavy atom. The second-order valence-electron chi connectivity index (χ2n) is 4.89. The molecule has 0 amide bonds. The first-order valence-corrected chi connectivity index (χ1v) is 6.95. The zero-order chi connectivity index (χ0) is 13.5. The van der Waals surface area contributed by atoms with E-state index in [2.05, 4.69) is 4.90 Å². The number of rotatable bonds is 7. The first-order valence-electron chi connectivity index (χ1n) is 6.95. The molecule has 1 aliphatic rings. The van der Waals surface area contributed by atoms with Crippen molar-refractivity contribution in [1.29, 1.82) is 0 Å². The second-order valence-corrected chi connectivity index (χ2v) is 4.89. The Labute approximate surface area is 114 Å². The number of aliphatic hydroxyl groups is 1. The van der Waals surface area contributed by atoms with Gasteiger partial charge in [-0.3, -0.25) is 4.90 Å². The molecule has 106 valence electrons. The number of nitrogens with zero attached hydrogens (tertiary/aromatic N) is 1. The van der Waals surface area contributed by atoms with Gasteiger partial charge in [-0.25, -0.2) is 0 Å². The average molecular weight is 265 g/mol. The predicted octanol–water partition coefficient (Wildman–Crippen LogP) is 1.92. The molecule has 4 heteroatoms. The van der Waals surface area contributed by atoms with Crippen molar-refractivity contribution in [2.24, 2.45) is 0 Å². The SMILES string of the molecule is COc1ccc(OCCCN2CCC[C@@H]2CO)cc1. The minimum absolute atomic E-state index is 0.277. The molecule has 19 heavy (non-hydrogen) atoms. The molecule has 1 fully saturated rings. The Bertz CT molecular complexity index is 366. The Balaban J connectivity index is 1.66. The number of benzene rings is 1. The molecule has 1 aromatic carbocycles. The third-order valence-corrected chi connectivity index (χ3v) is 3.63. The molecule has 2 rings (SSSR count). The standard InChI is InChI=1S/C15H23NO3/c1-18-14-5-7-15(8-6-14)19-11-3-10-16-9-2-4-13(16)12-17/h5-8,13,17H,2-4,9-12H2,1H3/t13-/m1/s1. The van der Waals surface area contributed by atoms with Crippen molar-refractivity contribution in [3.8, 4) is 11.5 Å². The third kappa shape index (κ3) is 4.11. The highest BCUT2D eigenvalue weighted by atomic mass is 16.5. The molecule has 0 spiro atoms. The zero-order valence-corrected chi connectivity index (χ0v) is 11.5. The van der Waals surface area contributed by atoms with Gasteiger partial charge in [0.2, 0.25) is 0 Å². The van der Waals surface area contributed by atoms with Crippen LogP contribution in [0.1, 0.15) is 19.3 Å². The lowest BCUT2D eigenvalue weighted by Gasteiger charge is -2.22. The molecule has 0 aromatic heterocycles. The van der Waals surface area contributed by atoms with E-state index >= 15 is 0 Å². The smallest absolute Gasteiger partial charge is 0.119 e. The van der Waals surface area contributed by atoms with Crippen LogP contribution < -0.4 is 9.47 Å². The van der Waals surface area contributed by atoms with E-state index in [0.29, 0.717) is 12.6 Å². The fraction of sp³-hybridized carbons (Fsp3) is 0.600. The molecule has 0 aliphatic carbocycles. The normalized spacial score (nSPS) is 19.6. The maximum atomic E-state index is 9.24. The highest BCUT2D eigenvalue weighted by molar-refractivity contribution is 5.31. The minimum atomic E-state index is 0.277. The molecule has 1 heterocycles. The molecule has 4 nitrogen and oxygen atoms in total. The van der Waals surface area contributed by atoms with E-state index in [4.69, 9.17) is 9.47 Å². The van der Waals surface area contributed by atoms with Crippen LogP contribution in [0.5, 0.6) is 11.5 Å². The highest BCUT2D eigenvalue weighted by Crippen LogP contribution is 2.18. The lowest BCUT2D eigenvalue weighted by Crippen LogP contribution is -2.33. The molecule has 1 aliphatic heterocycles. The Kier molecular flexibility index (Phi) is 5.48. The van der Waals surface area contributed by atoms with Crippen LogP contribution in [-0.2, 0) is 0 Å². The van der Waals surface area contributed by atoms with Crippen molar-refractivity contribution in [2.45, 2.75) is 25.3 Å². The number of likely N-dealkylation sites (tertiary alicyclic amines) is 1. The maximum Gasteiger partial charge on any atom is 0.119 e. The molecule has 1 aromatic rings. The van der Waals surface area contributed by atoms with Gasteiger partial charge in [-0.05, 0) is 50.1 Å². The molecule has 0 bridgehead atoms. The molecule has 0 radical (unpaired) electrons. The van der Waals surface area contributed by atoms with Crippen molar-refractivity contribution in [2.75, 3.05) is 33.4 Å². The largest absolute Gasteiger partial charge is 0.497 e. The molecule has 1 saturated heterocycles. The predicted molar refractivity (Wildman–Crippen MR) is 74.8 cm³/mol. The summed E-state index contributed by atoms with van der Waals surface area (Å²) in [6, 6.07) is 8.01. The summed E-state index contributed by atoms with van der Waals surface area (Å²) in [4.78, 5) is 2.36. The van der Waals surface area contributed by atoms with Crippen molar-refractivity contribution < 1.29 is 14.6 Å². The molecular weight excluding hydrogens is 242 g/mol. The maximum absolute atomic E-state index is 9.24. The van der Waals surface area contributed by atoms with Gasteiger partial charge in [0.05, 0.1) is 20.3 Å². The van der Waals surface area contributed by atoms with E-state index in [1.165, 1.54) is 6.42 Å². The van der Waals surface area contributed by atoms with Crippen molar-refractivity contribution in [1.82, 2.24) is 4.90 Å². The van der Waals surface area contributed by atoms with Gasteiger partial charge in [0.15, 0.2) is 0 Å². The molecule has 0 saturated carbocycles. The molecule has 0 unspecified atom stereocenters. The fourth-order valence-corrected chi connectivity index (χ4v) is 2.53.